The molecule has 1 aliphatic heterocycles. The highest BCUT2D eigenvalue weighted by Gasteiger charge is 2.22. The van der Waals surface area contributed by atoms with Crippen molar-refractivity contribution in [3.8, 4) is 11.5 Å². The van der Waals surface area contributed by atoms with Crippen LogP contribution in [0.1, 0.15) is 0 Å². The van der Waals surface area contributed by atoms with Crippen LogP contribution in [-0.4, -0.2) is 52.3 Å². The molecule has 0 saturated carbocycles. The minimum Gasteiger partial charge on any atom is -0.494 e. The van der Waals surface area contributed by atoms with Gasteiger partial charge in [-0.05, 0) is 19.2 Å². The lowest BCUT2D eigenvalue weighted by atomic mass is 10.2. The van der Waals surface area contributed by atoms with Crippen LogP contribution in [0.4, 0.5) is 11.4 Å². The number of nitrogen functional groups attached to an aromatic ring is 1. The lowest BCUT2D eigenvalue weighted by Crippen LogP contribution is -2.44. The standard InChI is InChI=1S/C13H21N3O2/c1-15-6-8-16(9-7-15)12-11(17-2)5-4-10(14)13(12)18-3/h4-5H,6-9,14H2,1-3H3. The minimum atomic E-state index is 0.646. The first-order valence-corrected chi connectivity index (χ1v) is 6.11. The summed E-state index contributed by atoms with van der Waals surface area (Å²) in [7, 11) is 5.44. The molecular formula is C13H21N3O2. The van der Waals surface area contributed by atoms with E-state index in [0.717, 1.165) is 37.6 Å². The highest BCUT2D eigenvalue weighted by molar-refractivity contribution is 5.76. The van der Waals surface area contributed by atoms with Crippen LogP contribution in [0.2, 0.25) is 0 Å². The smallest absolute Gasteiger partial charge is 0.168 e. The van der Waals surface area contributed by atoms with Crippen LogP contribution in [0, 0.1) is 0 Å². The van der Waals surface area contributed by atoms with E-state index in [1.165, 1.54) is 0 Å². The maximum absolute atomic E-state index is 5.97. The molecule has 0 radical (unpaired) electrons. The van der Waals surface area contributed by atoms with Crippen molar-refractivity contribution in [2.45, 2.75) is 0 Å². The number of anilines is 2. The number of hydrogen-bond donors (Lipinski definition) is 1. The topological polar surface area (TPSA) is 51.0 Å². The lowest BCUT2D eigenvalue weighted by Gasteiger charge is -2.35. The predicted molar refractivity (Wildman–Crippen MR) is 73.7 cm³/mol. The Morgan fingerprint density at radius 1 is 1.06 bits per heavy atom. The van der Waals surface area contributed by atoms with Crippen molar-refractivity contribution in [3.63, 3.8) is 0 Å². The Balaban J connectivity index is 2.37. The summed E-state index contributed by atoms with van der Waals surface area (Å²) in [6, 6.07) is 3.71. The molecule has 5 nitrogen and oxygen atoms in total. The SMILES string of the molecule is COc1ccc(N)c(OC)c1N1CCN(C)CC1. The normalized spacial score (nSPS) is 16.7. The summed E-state index contributed by atoms with van der Waals surface area (Å²) in [5, 5.41) is 0. The molecule has 0 amide bonds. The number of nitrogens with zero attached hydrogens (tertiary/aromatic N) is 2. The fourth-order valence-corrected chi connectivity index (χ4v) is 2.28. The molecule has 0 aromatic heterocycles. The van der Waals surface area contributed by atoms with E-state index in [1.54, 1.807) is 14.2 Å². The summed E-state index contributed by atoms with van der Waals surface area (Å²) < 4.78 is 10.9. The summed E-state index contributed by atoms with van der Waals surface area (Å²) in [6.45, 7) is 3.96. The molecule has 0 aliphatic carbocycles. The molecule has 0 bridgehead atoms. The van der Waals surface area contributed by atoms with E-state index in [9.17, 15) is 0 Å². The van der Waals surface area contributed by atoms with E-state index >= 15 is 0 Å². The number of rotatable bonds is 3. The van der Waals surface area contributed by atoms with Crippen LogP contribution in [0.3, 0.4) is 0 Å². The number of methoxy groups -OCH3 is 2. The van der Waals surface area contributed by atoms with E-state index in [2.05, 4.69) is 16.8 Å². The second-order valence-corrected chi connectivity index (χ2v) is 4.53. The molecule has 1 fully saturated rings. The predicted octanol–water partition coefficient (Wildman–Crippen LogP) is 1.04. The first-order chi connectivity index (χ1) is 8.67. The molecule has 2 N–H and O–H groups in total. The number of hydrogen-bond acceptors (Lipinski definition) is 5. The van der Waals surface area contributed by atoms with Gasteiger partial charge in [-0.25, -0.2) is 0 Å². The molecule has 0 spiro atoms. The zero-order chi connectivity index (χ0) is 13.1. The molecule has 1 aromatic carbocycles. The first kappa shape index (κ1) is 12.8. The third-order valence-electron chi connectivity index (χ3n) is 3.37. The van der Waals surface area contributed by atoms with E-state index in [1.807, 2.05) is 12.1 Å². The molecule has 1 saturated heterocycles. The average molecular weight is 251 g/mol. The Labute approximate surface area is 108 Å². The van der Waals surface area contributed by atoms with Crippen LogP contribution in [0.15, 0.2) is 12.1 Å². The zero-order valence-corrected chi connectivity index (χ0v) is 11.3. The number of likely N-dealkylation sites (N-methyl/N-ethyl adjacent to an activating group) is 1. The Morgan fingerprint density at radius 2 is 1.72 bits per heavy atom. The molecule has 0 unspecified atom stereocenters. The molecule has 1 aromatic rings. The Kier molecular flexibility index (Phi) is 3.81. The van der Waals surface area contributed by atoms with E-state index in [-0.39, 0.29) is 0 Å². The highest BCUT2D eigenvalue weighted by atomic mass is 16.5. The van der Waals surface area contributed by atoms with E-state index in [4.69, 9.17) is 15.2 Å². The third kappa shape index (κ3) is 2.31. The largest absolute Gasteiger partial charge is 0.494 e. The van der Waals surface area contributed by atoms with Crippen molar-refractivity contribution in [2.24, 2.45) is 0 Å². The van der Waals surface area contributed by atoms with Crippen molar-refractivity contribution in [1.29, 1.82) is 0 Å². The highest BCUT2D eigenvalue weighted by Crippen LogP contribution is 2.42. The number of nitrogens with two attached hydrogens (primary N) is 1. The second kappa shape index (κ2) is 5.35. The molecule has 18 heavy (non-hydrogen) atoms. The third-order valence-corrected chi connectivity index (χ3v) is 3.37. The van der Waals surface area contributed by atoms with Crippen molar-refractivity contribution >= 4 is 11.4 Å². The van der Waals surface area contributed by atoms with Gasteiger partial charge in [0.05, 0.1) is 19.9 Å². The van der Waals surface area contributed by atoms with Gasteiger partial charge in [-0.2, -0.15) is 0 Å². The van der Waals surface area contributed by atoms with Gasteiger partial charge in [-0.15, -0.1) is 0 Å². The summed E-state index contributed by atoms with van der Waals surface area (Å²) >= 11 is 0. The summed E-state index contributed by atoms with van der Waals surface area (Å²) in [5.74, 6) is 1.52. The quantitative estimate of drug-likeness (QED) is 0.813. The summed E-state index contributed by atoms with van der Waals surface area (Å²) in [4.78, 5) is 4.58. The summed E-state index contributed by atoms with van der Waals surface area (Å²) in [5.41, 5.74) is 7.58. The van der Waals surface area contributed by atoms with Gasteiger partial charge >= 0.3 is 0 Å². The number of piperazine rings is 1. The monoisotopic (exact) mass is 251 g/mol. The lowest BCUT2D eigenvalue weighted by molar-refractivity contribution is 0.308. The fraction of sp³-hybridized carbons (Fsp3) is 0.538. The molecule has 5 heteroatoms. The maximum atomic E-state index is 5.97. The van der Waals surface area contributed by atoms with Gasteiger partial charge in [0.1, 0.15) is 11.4 Å². The molecule has 0 atom stereocenters. The van der Waals surface area contributed by atoms with Crippen LogP contribution < -0.4 is 20.1 Å². The Hall–Kier alpha value is -1.62. The maximum Gasteiger partial charge on any atom is 0.168 e. The molecule has 100 valence electrons. The first-order valence-electron chi connectivity index (χ1n) is 6.11. The summed E-state index contributed by atoms with van der Waals surface area (Å²) in [6.07, 6.45) is 0. The van der Waals surface area contributed by atoms with Gasteiger partial charge < -0.3 is 25.0 Å². The zero-order valence-electron chi connectivity index (χ0n) is 11.3. The van der Waals surface area contributed by atoms with Gasteiger partial charge in [-0.3, -0.25) is 0 Å². The second-order valence-electron chi connectivity index (χ2n) is 4.53. The van der Waals surface area contributed by atoms with Crippen LogP contribution >= 0.6 is 0 Å². The van der Waals surface area contributed by atoms with Crippen molar-refractivity contribution < 1.29 is 9.47 Å². The van der Waals surface area contributed by atoms with E-state index < -0.39 is 0 Å². The Bertz CT molecular complexity index is 415. The molecule has 2 rings (SSSR count). The fourth-order valence-electron chi connectivity index (χ4n) is 2.28. The number of ether oxygens (including phenoxy) is 2. The van der Waals surface area contributed by atoms with Gasteiger partial charge in [0, 0.05) is 26.2 Å². The van der Waals surface area contributed by atoms with Crippen LogP contribution in [-0.2, 0) is 0 Å². The van der Waals surface area contributed by atoms with Gasteiger partial charge in [0.2, 0.25) is 0 Å². The van der Waals surface area contributed by atoms with Crippen molar-refractivity contribution in [2.75, 3.05) is 58.1 Å². The Morgan fingerprint density at radius 3 is 2.28 bits per heavy atom. The number of benzene rings is 1. The van der Waals surface area contributed by atoms with Crippen molar-refractivity contribution in [1.82, 2.24) is 4.90 Å². The van der Waals surface area contributed by atoms with Crippen LogP contribution in [0.25, 0.3) is 0 Å². The van der Waals surface area contributed by atoms with Gasteiger partial charge in [-0.1, -0.05) is 0 Å². The van der Waals surface area contributed by atoms with Gasteiger partial charge in [0.25, 0.3) is 0 Å². The van der Waals surface area contributed by atoms with Crippen molar-refractivity contribution in [3.05, 3.63) is 12.1 Å². The molecule has 1 heterocycles. The van der Waals surface area contributed by atoms with Crippen LogP contribution in [0.5, 0.6) is 11.5 Å². The molecule has 1 aliphatic rings. The van der Waals surface area contributed by atoms with Gasteiger partial charge in [0.15, 0.2) is 5.75 Å². The average Bonchev–Trinajstić information content (AvgIpc) is 2.39. The minimum absolute atomic E-state index is 0.646. The van der Waals surface area contributed by atoms with E-state index in [0.29, 0.717) is 11.4 Å². The molecular weight excluding hydrogens is 230 g/mol.